The van der Waals surface area contributed by atoms with Gasteiger partial charge in [-0.3, -0.25) is 4.79 Å². The Hall–Kier alpha value is -0.850. The summed E-state index contributed by atoms with van der Waals surface area (Å²) in [5.74, 6) is 0. The first-order chi connectivity index (χ1) is 4.81. The van der Waals surface area contributed by atoms with Crippen molar-refractivity contribution in [1.29, 1.82) is 0 Å². The number of carbonyl (C=O) groups is 1. The minimum atomic E-state index is 0.824. The van der Waals surface area contributed by atoms with Crippen LogP contribution >= 0.6 is 0 Å². The first-order valence-corrected chi connectivity index (χ1v) is 3.54. The Bertz CT molecular complexity index is 143. The number of hydrogen-bond donors (Lipinski definition) is 0. The lowest BCUT2D eigenvalue weighted by Gasteiger charge is -1.86. The van der Waals surface area contributed by atoms with Crippen LogP contribution in [0.4, 0.5) is 0 Å². The molecule has 0 bridgehead atoms. The van der Waals surface area contributed by atoms with Gasteiger partial charge in [0.1, 0.15) is 6.29 Å². The maximum atomic E-state index is 10.1. The molecule has 0 unspecified atom stereocenters. The smallest absolute Gasteiger partial charge is 0.145 e. The zero-order valence-electron chi connectivity index (χ0n) is 6.63. The number of aldehydes is 1. The van der Waals surface area contributed by atoms with Gasteiger partial charge < -0.3 is 0 Å². The van der Waals surface area contributed by atoms with Crippen LogP contribution in [0.1, 0.15) is 26.7 Å². The van der Waals surface area contributed by atoms with Crippen LogP contribution in [0.2, 0.25) is 0 Å². The lowest BCUT2D eigenvalue weighted by Crippen LogP contribution is -1.75. The lowest BCUT2D eigenvalue weighted by molar-refractivity contribution is -0.104. The van der Waals surface area contributed by atoms with Gasteiger partial charge in [0, 0.05) is 0 Å². The van der Waals surface area contributed by atoms with Crippen molar-refractivity contribution in [2.24, 2.45) is 0 Å². The Morgan fingerprint density at radius 3 is 2.60 bits per heavy atom. The molecule has 0 amide bonds. The van der Waals surface area contributed by atoms with Crippen LogP contribution in [0.25, 0.3) is 0 Å². The molecule has 56 valence electrons. The summed E-state index contributed by atoms with van der Waals surface area (Å²) in [4.78, 5) is 10.1. The van der Waals surface area contributed by atoms with Gasteiger partial charge in [-0.1, -0.05) is 18.2 Å². The predicted octanol–water partition coefficient (Wildman–Crippen LogP) is 2.49. The monoisotopic (exact) mass is 138 g/mol. The third-order valence-electron chi connectivity index (χ3n) is 1.22. The third-order valence-corrected chi connectivity index (χ3v) is 1.22. The van der Waals surface area contributed by atoms with Crippen LogP contribution < -0.4 is 0 Å². The Kier molecular flexibility index (Phi) is 5.74. The maximum absolute atomic E-state index is 10.1. The highest BCUT2D eigenvalue weighted by Crippen LogP contribution is 1.96. The molecule has 0 saturated heterocycles. The Balaban J connectivity index is 3.42. The van der Waals surface area contributed by atoms with E-state index < -0.39 is 0 Å². The molecule has 0 aliphatic heterocycles. The zero-order valence-corrected chi connectivity index (χ0v) is 6.63. The molecule has 0 heterocycles. The van der Waals surface area contributed by atoms with Crippen molar-refractivity contribution >= 4 is 6.29 Å². The fourth-order valence-electron chi connectivity index (χ4n) is 0.622. The molecule has 10 heavy (non-hydrogen) atoms. The van der Waals surface area contributed by atoms with E-state index in [4.69, 9.17) is 0 Å². The van der Waals surface area contributed by atoms with Crippen molar-refractivity contribution < 1.29 is 4.79 Å². The molecular weight excluding hydrogens is 124 g/mol. The van der Waals surface area contributed by atoms with Crippen molar-refractivity contribution in [3.05, 3.63) is 23.8 Å². The number of unbranched alkanes of at least 4 members (excludes halogenated alkanes) is 1. The van der Waals surface area contributed by atoms with E-state index in [-0.39, 0.29) is 0 Å². The van der Waals surface area contributed by atoms with E-state index >= 15 is 0 Å². The fourth-order valence-corrected chi connectivity index (χ4v) is 0.622. The second kappa shape index (κ2) is 6.27. The molecule has 0 spiro atoms. The van der Waals surface area contributed by atoms with Gasteiger partial charge >= 0.3 is 0 Å². The molecule has 0 aliphatic carbocycles. The topological polar surface area (TPSA) is 17.1 Å². The Morgan fingerprint density at radius 1 is 1.40 bits per heavy atom. The van der Waals surface area contributed by atoms with Gasteiger partial charge in [0.15, 0.2) is 0 Å². The minimum absolute atomic E-state index is 0.824. The first-order valence-electron chi connectivity index (χ1n) is 3.54. The Morgan fingerprint density at radius 2 is 2.10 bits per heavy atom. The van der Waals surface area contributed by atoms with Crippen LogP contribution in [0.15, 0.2) is 23.8 Å². The highest BCUT2D eigenvalue weighted by Gasteiger charge is 1.81. The molecule has 0 fully saturated rings. The van der Waals surface area contributed by atoms with Gasteiger partial charge in [-0.05, 0) is 32.3 Å². The molecule has 0 rings (SSSR count). The van der Waals surface area contributed by atoms with Crippen LogP contribution in [-0.4, -0.2) is 6.29 Å². The van der Waals surface area contributed by atoms with Crippen molar-refractivity contribution in [2.75, 3.05) is 0 Å². The van der Waals surface area contributed by atoms with E-state index in [0.29, 0.717) is 0 Å². The summed E-state index contributed by atoms with van der Waals surface area (Å²) in [5, 5.41) is 0. The molecule has 0 saturated carbocycles. The summed E-state index contributed by atoms with van der Waals surface area (Å²) in [6, 6.07) is 0. The number of hydrogen-bond acceptors (Lipinski definition) is 1. The van der Waals surface area contributed by atoms with E-state index in [0.717, 1.165) is 24.7 Å². The highest BCUT2D eigenvalue weighted by atomic mass is 16.1. The third kappa shape index (κ3) is 5.29. The van der Waals surface area contributed by atoms with Crippen LogP contribution in [0.3, 0.4) is 0 Å². The number of carbonyl (C=O) groups excluding carboxylic acids is 1. The van der Waals surface area contributed by atoms with Crippen molar-refractivity contribution in [2.45, 2.75) is 26.7 Å². The van der Waals surface area contributed by atoms with Gasteiger partial charge in [0.2, 0.25) is 0 Å². The predicted molar refractivity (Wildman–Crippen MR) is 43.9 cm³/mol. The second-order valence-electron chi connectivity index (χ2n) is 2.21. The highest BCUT2D eigenvalue weighted by molar-refractivity contribution is 5.71. The van der Waals surface area contributed by atoms with E-state index in [1.54, 1.807) is 0 Å². The summed E-state index contributed by atoms with van der Waals surface area (Å²) < 4.78 is 0. The summed E-state index contributed by atoms with van der Waals surface area (Å²) in [6.07, 6.45) is 8.94. The molecule has 0 N–H and O–H groups in total. The molecule has 1 heteroatoms. The quantitative estimate of drug-likeness (QED) is 0.252. The summed E-state index contributed by atoms with van der Waals surface area (Å²) in [6.45, 7) is 3.82. The van der Waals surface area contributed by atoms with Gasteiger partial charge in [0.25, 0.3) is 0 Å². The molecule has 0 aromatic carbocycles. The normalized spacial score (nSPS) is 12.4. The van der Waals surface area contributed by atoms with Crippen molar-refractivity contribution in [1.82, 2.24) is 0 Å². The second-order valence-corrected chi connectivity index (χ2v) is 2.21. The van der Waals surface area contributed by atoms with Gasteiger partial charge in [-0.2, -0.15) is 0 Å². The summed E-state index contributed by atoms with van der Waals surface area (Å²) in [7, 11) is 0. The van der Waals surface area contributed by atoms with E-state index in [1.807, 2.05) is 26.0 Å². The summed E-state index contributed by atoms with van der Waals surface area (Å²) in [5.41, 5.74) is 0.824. The molecule has 0 radical (unpaired) electrons. The number of allylic oxidation sites excluding steroid dienone is 4. The van der Waals surface area contributed by atoms with Crippen molar-refractivity contribution in [3.63, 3.8) is 0 Å². The number of rotatable bonds is 4. The first kappa shape index (κ1) is 9.15. The zero-order chi connectivity index (χ0) is 7.82. The molecule has 0 atom stereocenters. The van der Waals surface area contributed by atoms with Gasteiger partial charge in [0.05, 0.1) is 0 Å². The standard InChI is InChI=1S/C9H14O/c1-3-4-5-6-7-9(2)8-10/h3-4,7-8H,5-6H2,1-2H3. The summed E-state index contributed by atoms with van der Waals surface area (Å²) >= 11 is 0. The average Bonchev–Trinajstić information content (AvgIpc) is 1.98. The van der Waals surface area contributed by atoms with E-state index in [1.165, 1.54) is 0 Å². The van der Waals surface area contributed by atoms with Gasteiger partial charge in [-0.25, -0.2) is 0 Å². The minimum Gasteiger partial charge on any atom is -0.298 e. The maximum Gasteiger partial charge on any atom is 0.145 e. The van der Waals surface area contributed by atoms with Crippen LogP contribution in [0, 0.1) is 0 Å². The lowest BCUT2D eigenvalue weighted by atomic mass is 10.2. The Labute approximate surface area is 62.4 Å². The molecular formula is C9H14O. The molecule has 0 aliphatic rings. The SMILES string of the molecule is CC=CCCC=C(C)C=O. The fraction of sp³-hybridized carbons (Fsp3) is 0.444. The molecule has 0 aromatic heterocycles. The van der Waals surface area contributed by atoms with Crippen LogP contribution in [0.5, 0.6) is 0 Å². The molecule has 0 aromatic rings. The average molecular weight is 138 g/mol. The largest absolute Gasteiger partial charge is 0.298 e. The van der Waals surface area contributed by atoms with Gasteiger partial charge in [-0.15, -0.1) is 0 Å². The van der Waals surface area contributed by atoms with Crippen LogP contribution in [-0.2, 0) is 4.79 Å². The van der Waals surface area contributed by atoms with E-state index in [9.17, 15) is 4.79 Å². The van der Waals surface area contributed by atoms with E-state index in [2.05, 4.69) is 6.08 Å². The molecule has 1 nitrogen and oxygen atoms in total. The van der Waals surface area contributed by atoms with Crippen molar-refractivity contribution in [3.8, 4) is 0 Å².